The van der Waals surface area contributed by atoms with E-state index in [0.717, 1.165) is 19.3 Å². The number of rotatable bonds is 6. The van der Waals surface area contributed by atoms with Gasteiger partial charge in [0.1, 0.15) is 0 Å². The van der Waals surface area contributed by atoms with Crippen molar-refractivity contribution >= 4 is 16.9 Å². The van der Waals surface area contributed by atoms with Gasteiger partial charge >= 0.3 is 5.97 Å². The first kappa shape index (κ1) is 12.4. The van der Waals surface area contributed by atoms with E-state index >= 15 is 0 Å². The number of thiol groups is 1. The molecule has 15 heavy (non-hydrogen) atoms. The molecule has 0 aliphatic carbocycles. The normalized spacial score (nSPS) is 20.5. The van der Waals surface area contributed by atoms with Gasteiger partial charge in [-0.1, -0.05) is 38.8 Å². The fourth-order valence-electron chi connectivity index (χ4n) is 2.06. The summed E-state index contributed by atoms with van der Waals surface area (Å²) in [7, 11) is -0.565. The molecular formula is C12H20O2S. The monoisotopic (exact) mass is 228 g/mol. The van der Waals surface area contributed by atoms with Crippen LogP contribution in [0.4, 0.5) is 0 Å². The molecule has 3 heteroatoms. The van der Waals surface area contributed by atoms with Crippen molar-refractivity contribution in [1.82, 2.24) is 0 Å². The van der Waals surface area contributed by atoms with E-state index in [-0.39, 0.29) is 5.25 Å². The fraction of sp³-hybridized carbons (Fsp3) is 0.583. The minimum atomic E-state index is -0.627. The molecule has 1 N–H and O–H groups in total. The summed E-state index contributed by atoms with van der Waals surface area (Å²) >= 11 is 0. The molecule has 0 aromatic carbocycles. The summed E-state index contributed by atoms with van der Waals surface area (Å²) in [5.41, 5.74) is 0. The Morgan fingerprint density at radius 1 is 1.33 bits per heavy atom. The highest BCUT2D eigenvalue weighted by Gasteiger charge is 2.30. The van der Waals surface area contributed by atoms with E-state index in [2.05, 4.69) is 24.7 Å². The molecule has 86 valence electrons. The van der Waals surface area contributed by atoms with Crippen molar-refractivity contribution in [3.63, 3.8) is 0 Å². The van der Waals surface area contributed by atoms with Gasteiger partial charge in [0.25, 0.3) is 0 Å². The summed E-state index contributed by atoms with van der Waals surface area (Å²) in [5, 5.41) is 13.3. The van der Waals surface area contributed by atoms with E-state index in [1.807, 2.05) is 12.2 Å². The Kier molecular flexibility index (Phi) is 4.95. The van der Waals surface area contributed by atoms with E-state index < -0.39 is 16.9 Å². The van der Waals surface area contributed by atoms with Crippen LogP contribution in [0.2, 0.25) is 0 Å². The highest BCUT2D eigenvalue weighted by atomic mass is 32.2. The van der Waals surface area contributed by atoms with Crippen LogP contribution in [-0.2, 0) is 4.79 Å². The maximum absolute atomic E-state index is 11.3. The Morgan fingerprint density at radius 3 is 2.33 bits per heavy atom. The van der Waals surface area contributed by atoms with Gasteiger partial charge in [0.05, 0.1) is 5.25 Å². The van der Waals surface area contributed by atoms with Crippen molar-refractivity contribution in [2.75, 3.05) is 0 Å². The lowest BCUT2D eigenvalue weighted by atomic mass is 9.97. The highest BCUT2D eigenvalue weighted by molar-refractivity contribution is 8.23. The molecule has 0 bridgehead atoms. The zero-order chi connectivity index (χ0) is 11.3. The van der Waals surface area contributed by atoms with Crippen molar-refractivity contribution in [2.24, 2.45) is 5.92 Å². The predicted octanol–water partition coefficient (Wildman–Crippen LogP) is 3.31. The average molecular weight is 228 g/mol. The maximum atomic E-state index is 11.3. The Balaban J connectivity index is 2.75. The third-order valence-corrected chi connectivity index (χ3v) is 5.15. The van der Waals surface area contributed by atoms with E-state index in [1.54, 1.807) is 0 Å². The standard InChI is InChI=1S/C12H20O2S/c1-3-7-10(4-2)11(12(13)14)15-8-5-6-9-15/h5-6,8-11,15H,3-4,7H2,1-2H3,(H,13,14). The minimum Gasteiger partial charge on any atom is -0.480 e. The number of hydrogen-bond acceptors (Lipinski definition) is 1. The Morgan fingerprint density at radius 2 is 1.93 bits per heavy atom. The lowest BCUT2D eigenvalue weighted by Crippen LogP contribution is -2.28. The molecule has 1 rings (SSSR count). The van der Waals surface area contributed by atoms with Gasteiger partial charge in [0.2, 0.25) is 0 Å². The fourth-order valence-corrected chi connectivity index (χ4v) is 4.23. The zero-order valence-electron chi connectivity index (χ0n) is 9.39. The van der Waals surface area contributed by atoms with Crippen LogP contribution in [0.25, 0.3) is 0 Å². The molecule has 2 unspecified atom stereocenters. The van der Waals surface area contributed by atoms with Crippen LogP contribution < -0.4 is 0 Å². The average Bonchev–Trinajstić information content (AvgIpc) is 2.69. The predicted molar refractivity (Wildman–Crippen MR) is 67.4 cm³/mol. The van der Waals surface area contributed by atoms with Crippen molar-refractivity contribution < 1.29 is 9.90 Å². The summed E-state index contributed by atoms with van der Waals surface area (Å²) in [5.74, 6) is -0.302. The molecule has 0 aromatic heterocycles. The van der Waals surface area contributed by atoms with Gasteiger partial charge in [-0.05, 0) is 23.2 Å². The van der Waals surface area contributed by atoms with Crippen LogP contribution in [0.3, 0.4) is 0 Å². The molecular weight excluding hydrogens is 208 g/mol. The minimum absolute atomic E-state index is 0.181. The maximum Gasteiger partial charge on any atom is 0.315 e. The third-order valence-electron chi connectivity index (χ3n) is 2.83. The van der Waals surface area contributed by atoms with E-state index in [1.165, 1.54) is 0 Å². The Labute approximate surface area is 94.4 Å². The lowest BCUT2D eigenvalue weighted by molar-refractivity contribution is -0.137. The molecule has 0 aromatic rings. The number of carboxylic acid groups (broad SMARTS) is 1. The van der Waals surface area contributed by atoms with E-state index in [4.69, 9.17) is 0 Å². The molecule has 0 saturated heterocycles. The summed E-state index contributed by atoms with van der Waals surface area (Å²) < 4.78 is 0. The van der Waals surface area contributed by atoms with Crippen molar-refractivity contribution in [2.45, 2.75) is 38.4 Å². The number of hydrogen-bond donors (Lipinski definition) is 2. The molecule has 0 spiro atoms. The quantitative estimate of drug-likeness (QED) is 0.684. The van der Waals surface area contributed by atoms with Crippen LogP contribution in [0.1, 0.15) is 33.1 Å². The van der Waals surface area contributed by atoms with E-state index in [9.17, 15) is 9.90 Å². The summed E-state index contributed by atoms with van der Waals surface area (Å²) in [6, 6.07) is 0. The first-order chi connectivity index (χ1) is 7.20. The highest BCUT2D eigenvalue weighted by Crippen LogP contribution is 2.43. The molecule has 0 amide bonds. The Bertz CT molecular complexity index is 259. The molecule has 1 heterocycles. The molecule has 2 nitrogen and oxygen atoms in total. The molecule has 1 aliphatic rings. The zero-order valence-corrected chi connectivity index (χ0v) is 10.3. The molecule has 0 fully saturated rings. The van der Waals surface area contributed by atoms with E-state index in [0.29, 0.717) is 5.92 Å². The first-order valence-corrected chi connectivity index (χ1v) is 7.10. The van der Waals surface area contributed by atoms with Gasteiger partial charge in [0, 0.05) is 0 Å². The van der Waals surface area contributed by atoms with Crippen molar-refractivity contribution in [1.29, 1.82) is 0 Å². The number of carboxylic acids is 1. The van der Waals surface area contributed by atoms with Crippen molar-refractivity contribution in [3.05, 3.63) is 23.0 Å². The second-order valence-electron chi connectivity index (χ2n) is 3.87. The molecule has 2 atom stereocenters. The van der Waals surface area contributed by atoms with Gasteiger partial charge in [-0.2, -0.15) is 10.9 Å². The van der Waals surface area contributed by atoms with Crippen LogP contribution in [-0.4, -0.2) is 16.3 Å². The van der Waals surface area contributed by atoms with Crippen LogP contribution in [0.15, 0.2) is 23.0 Å². The van der Waals surface area contributed by atoms with Crippen molar-refractivity contribution in [3.8, 4) is 0 Å². The molecule has 0 radical (unpaired) electrons. The van der Waals surface area contributed by atoms with Gasteiger partial charge in [-0.3, -0.25) is 4.79 Å². The first-order valence-electron chi connectivity index (χ1n) is 5.56. The summed E-state index contributed by atoms with van der Waals surface area (Å²) in [4.78, 5) is 11.3. The SMILES string of the molecule is CCCC(CC)C(C(=O)O)[SH]1C=CC=C1. The number of aliphatic carboxylic acids is 1. The lowest BCUT2D eigenvalue weighted by Gasteiger charge is -2.28. The number of allylic oxidation sites excluding steroid dienone is 2. The topological polar surface area (TPSA) is 37.3 Å². The third kappa shape index (κ3) is 3.13. The summed E-state index contributed by atoms with van der Waals surface area (Å²) in [6.45, 7) is 4.21. The molecule has 1 aliphatic heterocycles. The second-order valence-corrected chi connectivity index (χ2v) is 5.92. The van der Waals surface area contributed by atoms with Crippen LogP contribution >= 0.6 is 10.9 Å². The summed E-state index contributed by atoms with van der Waals surface area (Å²) in [6.07, 6.45) is 7.00. The smallest absolute Gasteiger partial charge is 0.315 e. The Hall–Kier alpha value is -0.700. The molecule has 0 saturated carbocycles. The van der Waals surface area contributed by atoms with Gasteiger partial charge in [-0.25, -0.2) is 0 Å². The van der Waals surface area contributed by atoms with Gasteiger partial charge < -0.3 is 5.11 Å². The number of carbonyl (C=O) groups is 1. The second kappa shape index (κ2) is 6.01. The van der Waals surface area contributed by atoms with Gasteiger partial charge in [0.15, 0.2) is 0 Å². The van der Waals surface area contributed by atoms with Crippen LogP contribution in [0, 0.1) is 5.92 Å². The van der Waals surface area contributed by atoms with Gasteiger partial charge in [-0.15, -0.1) is 0 Å². The largest absolute Gasteiger partial charge is 0.480 e. The van der Waals surface area contributed by atoms with Crippen LogP contribution in [0.5, 0.6) is 0 Å².